The van der Waals surface area contributed by atoms with E-state index < -0.39 is 0 Å². The van der Waals surface area contributed by atoms with Crippen LogP contribution in [-0.2, 0) is 9.59 Å². The molecule has 0 spiro atoms. The van der Waals surface area contributed by atoms with Gasteiger partial charge in [0.05, 0.1) is 0 Å². The number of rotatable bonds is 20. The van der Waals surface area contributed by atoms with Gasteiger partial charge >= 0.3 is 0 Å². The Hall–Kier alpha value is -1.06. The van der Waals surface area contributed by atoms with Crippen molar-refractivity contribution >= 4 is 11.8 Å². The highest BCUT2D eigenvalue weighted by molar-refractivity contribution is 5.85. The van der Waals surface area contributed by atoms with Gasteiger partial charge in [-0.1, -0.05) is 97.8 Å². The fourth-order valence-electron chi connectivity index (χ4n) is 3.72. The lowest BCUT2D eigenvalue weighted by Crippen LogP contribution is -2.39. The van der Waals surface area contributed by atoms with Crippen molar-refractivity contribution in [3.05, 3.63) is 0 Å². The van der Waals surface area contributed by atoms with Gasteiger partial charge in [0, 0.05) is 25.4 Å². The molecule has 0 bridgehead atoms. The van der Waals surface area contributed by atoms with Gasteiger partial charge in [0.15, 0.2) is 0 Å². The summed E-state index contributed by atoms with van der Waals surface area (Å²) in [5.74, 6) is -0.423. The van der Waals surface area contributed by atoms with Gasteiger partial charge in [-0.15, -0.1) is 0 Å². The first kappa shape index (κ1) is 26.9. The van der Waals surface area contributed by atoms with Crippen molar-refractivity contribution < 1.29 is 9.59 Å². The van der Waals surface area contributed by atoms with Gasteiger partial charge in [0.1, 0.15) is 0 Å². The molecule has 0 fully saturated rings. The summed E-state index contributed by atoms with van der Waals surface area (Å²) >= 11 is 0. The standard InChI is InChI=1S/C24H48N2O2/c1-4-7-10-11-12-13-14-15-16-17-18-22(21-23(25)27)24(28)26(19-8-5-2)20-9-6-3/h22H,4-21H2,1-3H3,(H2,25,27). The minimum atomic E-state index is -0.351. The number of unbranched alkanes of at least 4 members (excludes halogenated alkanes) is 11. The first-order chi connectivity index (χ1) is 13.6. The fourth-order valence-corrected chi connectivity index (χ4v) is 3.72. The number of amides is 2. The van der Waals surface area contributed by atoms with Gasteiger partial charge in [-0.3, -0.25) is 9.59 Å². The van der Waals surface area contributed by atoms with Crippen LogP contribution in [0.1, 0.15) is 124 Å². The van der Waals surface area contributed by atoms with Crippen LogP contribution in [0, 0.1) is 5.92 Å². The predicted octanol–water partition coefficient (Wildman–Crippen LogP) is 6.22. The Morgan fingerprint density at radius 1 is 0.679 bits per heavy atom. The van der Waals surface area contributed by atoms with Gasteiger partial charge in [-0.2, -0.15) is 0 Å². The fraction of sp³-hybridized carbons (Fsp3) is 0.917. The smallest absolute Gasteiger partial charge is 0.226 e. The van der Waals surface area contributed by atoms with Gasteiger partial charge in [0.25, 0.3) is 0 Å². The molecule has 0 radical (unpaired) electrons. The Labute approximate surface area is 175 Å². The van der Waals surface area contributed by atoms with Gasteiger partial charge < -0.3 is 10.6 Å². The van der Waals surface area contributed by atoms with E-state index in [0.717, 1.165) is 58.0 Å². The van der Waals surface area contributed by atoms with Crippen LogP contribution in [0.4, 0.5) is 0 Å². The zero-order valence-corrected chi connectivity index (χ0v) is 19.1. The number of hydrogen-bond acceptors (Lipinski definition) is 2. The maximum absolute atomic E-state index is 13.0. The predicted molar refractivity (Wildman–Crippen MR) is 120 cm³/mol. The van der Waals surface area contributed by atoms with Crippen LogP contribution in [-0.4, -0.2) is 29.8 Å². The van der Waals surface area contributed by atoms with E-state index >= 15 is 0 Å². The van der Waals surface area contributed by atoms with Gasteiger partial charge in [-0.05, 0) is 19.3 Å². The Kier molecular flexibility index (Phi) is 18.5. The first-order valence-electron chi connectivity index (χ1n) is 12.1. The van der Waals surface area contributed by atoms with E-state index in [4.69, 9.17) is 5.73 Å². The second kappa shape index (κ2) is 19.3. The third-order valence-corrected chi connectivity index (χ3v) is 5.58. The molecule has 1 atom stereocenters. The minimum absolute atomic E-state index is 0.150. The lowest BCUT2D eigenvalue weighted by molar-refractivity contribution is -0.138. The molecule has 2 amide bonds. The summed E-state index contributed by atoms with van der Waals surface area (Å²) in [6.45, 7) is 8.16. The molecule has 0 saturated carbocycles. The topological polar surface area (TPSA) is 63.4 Å². The Morgan fingerprint density at radius 2 is 1.11 bits per heavy atom. The molecule has 0 aromatic rings. The average Bonchev–Trinajstić information content (AvgIpc) is 2.68. The van der Waals surface area contributed by atoms with Crippen LogP contribution < -0.4 is 5.73 Å². The maximum atomic E-state index is 13.0. The number of nitrogens with zero attached hydrogens (tertiary/aromatic N) is 1. The number of carbonyl (C=O) groups excluding carboxylic acids is 2. The highest BCUT2D eigenvalue weighted by Crippen LogP contribution is 2.19. The van der Waals surface area contributed by atoms with E-state index in [1.165, 1.54) is 51.4 Å². The number of hydrogen-bond donors (Lipinski definition) is 1. The van der Waals surface area contributed by atoms with Crippen molar-refractivity contribution in [2.45, 2.75) is 124 Å². The summed E-state index contributed by atoms with van der Waals surface area (Å²) in [7, 11) is 0. The van der Waals surface area contributed by atoms with Crippen molar-refractivity contribution in [2.24, 2.45) is 11.7 Å². The summed E-state index contributed by atoms with van der Waals surface area (Å²) in [5.41, 5.74) is 5.44. The van der Waals surface area contributed by atoms with Crippen LogP contribution in [0.25, 0.3) is 0 Å². The first-order valence-corrected chi connectivity index (χ1v) is 12.1. The van der Waals surface area contributed by atoms with Crippen molar-refractivity contribution in [1.29, 1.82) is 0 Å². The second-order valence-electron chi connectivity index (χ2n) is 8.37. The molecular weight excluding hydrogens is 348 g/mol. The monoisotopic (exact) mass is 396 g/mol. The molecule has 2 N–H and O–H groups in total. The van der Waals surface area contributed by atoms with Crippen molar-refractivity contribution in [2.75, 3.05) is 13.1 Å². The molecule has 0 aliphatic heterocycles. The summed E-state index contributed by atoms with van der Waals surface area (Å²) in [6, 6.07) is 0. The SMILES string of the molecule is CCCCCCCCCCCCC(CC(N)=O)C(=O)N(CCCC)CCCC. The molecule has 4 nitrogen and oxygen atoms in total. The number of carbonyl (C=O) groups is 2. The van der Waals surface area contributed by atoms with Crippen molar-refractivity contribution in [1.82, 2.24) is 4.90 Å². The van der Waals surface area contributed by atoms with Gasteiger partial charge in [0.2, 0.25) is 11.8 Å². The second-order valence-corrected chi connectivity index (χ2v) is 8.37. The molecule has 0 aliphatic carbocycles. The van der Waals surface area contributed by atoms with Crippen LogP contribution in [0.5, 0.6) is 0 Å². The highest BCUT2D eigenvalue weighted by atomic mass is 16.2. The Bertz CT molecular complexity index is 377. The molecule has 1 unspecified atom stereocenters. The van der Waals surface area contributed by atoms with E-state index in [1.807, 2.05) is 4.90 Å². The van der Waals surface area contributed by atoms with Crippen LogP contribution in [0.3, 0.4) is 0 Å². The molecule has 4 heteroatoms. The zero-order valence-electron chi connectivity index (χ0n) is 19.1. The lowest BCUT2D eigenvalue weighted by atomic mass is 9.95. The number of nitrogens with two attached hydrogens (primary N) is 1. The summed E-state index contributed by atoms with van der Waals surface area (Å²) in [5, 5.41) is 0. The van der Waals surface area contributed by atoms with E-state index in [0.29, 0.717) is 0 Å². The molecule has 0 aliphatic rings. The third-order valence-electron chi connectivity index (χ3n) is 5.58. The Balaban J connectivity index is 4.25. The number of primary amides is 1. The van der Waals surface area contributed by atoms with Crippen molar-refractivity contribution in [3.8, 4) is 0 Å². The van der Waals surface area contributed by atoms with Gasteiger partial charge in [-0.25, -0.2) is 0 Å². The summed E-state index contributed by atoms with van der Waals surface area (Å²) in [6.07, 6.45) is 18.0. The van der Waals surface area contributed by atoms with E-state index in [2.05, 4.69) is 20.8 Å². The molecule has 0 heterocycles. The minimum Gasteiger partial charge on any atom is -0.370 e. The lowest BCUT2D eigenvalue weighted by Gasteiger charge is -2.27. The maximum Gasteiger partial charge on any atom is 0.226 e. The van der Waals surface area contributed by atoms with E-state index in [1.54, 1.807) is 0 Å². The van der Waals surface area contributed by atoms with E-state index in [9.17, 15) is 9.59 Å². The third kappa shape index (κ3) is 14.9. The average molecular weight is 397 g/mol. The molecule has 28 heavy (non-hydrogen) atoms. The molecule has 0 rings (SSSR count). The van der Waals surface area contributed by atoms with Crippen LogP contribution in [0.2, 0.25) is 0 Å². The molecule has 0 aromatic carbocycles. The largest absolute Gasteiger partial charge is 0.370 e. The molecule has 0 saturated heterocycles. The molecular formula is C24H48N2O2. The van der Waals surface area contributed by atoms with Crippen LogP contribution in [0.15, 0.2) is 0 Å². The summed E-state index contributed by atoms with van der Waals surface area (Å²) < 4.78 is 0. The molecule has 166 valence electrons. The highest BCUT2D eigenvalue weighted by Gasteiger charge is 2.25. The molecule has 0 aromatic heterocycles. The van der Waals surface area contributed by atoms with E-state index in [-0.39, 0.29) is 24.2 Å². The zero-order chi connectivity index (χ0) is 21.0. The van der Waals surface area contributed by atoms with Crippen LogP contribution >= 0.6 is 0 Å². The quantitative estimate of drug-likeness (QED) is 0.248. The summed E-state index contributed by atoms with van der Waals surface area (Å²) in [4.78, 5) is 26.5. The normalized spacial score (nSPS) is 12.1. The Morgan fingerprint density at radius 3 is 1.54 bits per heavy atom. The van der Waals surface area contributed by atoms with Crippen molar-refractivity contribution in [3.63, 3.8) is 0 Å².